The fraction of sp³-hybridized carbons (Fsp3) is 0.429. The number of aromatic nitrogens is 4. The summed E-state index contributed by atoms with van der Waals surface area (Å²) in [6, 6.07) is 7.17. The van der Waals surface area contributed by atoms with Gasteiger partial charge in [0.1, 0.15) is 12.1 Å². The maximum Gasteiger partial charge on any atom is 0.293 e. The van der Waals surface area contributed by atoms with E-state index >= 15 is 0 Å². The van der Waals surface area contributed by atoms with Gasteiger partial charge in [0.05, 0.1) is 23.7 Å². The molecule has 156 valence electrons. The van der Waals surface area contributed by atoms with Crippen LogP contribution in [0.2, 0.25) is 5.02 Å². The van der Waals surface area contributed by atoms with Gasteiger partial charge in [-0.25, -0.2) is 9.36 Å². The third-order valence-electron chi connectivity index (χ3n) is 5.57. The summed E-state index contributed by atoms with van der Waals surface area (Å²) in [5.74, 6) is 0.0429. The highest BCUT2D eigenvalue weighted by Crippen LogP contribution is 2.41. The van der Waals surface area contributed by atoms with Gasteiger partial charge in [-0.05, 0) is 43.9 Å². The molecule has 1 aliphatic heterocycles. The van der Waals surface area contributed by atoms with Gasteiger partial charge in [-0.1, -0.05) is 17.7 Å². The summed E-state index contributed by atoms with van der Waals surface area (Å²) in [5, 5.41) is 13.1. The van der Waals surface area contributed by atoms with Gasteiger partial charge in [-0.15, -0.1) is 0 Å². The Morgan fingerprint density at radius 3 is 2.90 bits per heavy atom. The van der Waals surface area contributed by atoms with Crippen molar-refractivity contribution >= 4 is 28.4 Å². The number of hydrogen-bond donors (Lipinski definition) is 1. The van der Waals surface area contributed by atoms with Crippen LogP contribution in [0.3, 0.4) is 0 Å². The average Bonchev–Trinajstić information content (AvgIpc) is 3.25. The standard InChI is InChI=1S/C21H22ClN5O3/c22-14-3-1-4-15(9-14)27-20-17(11-24-27)19(13-6-7-13)25-26(21(20)29)12-18(28)23-10-16-5-2-8-30-16/h1,3-4,9,11,13,16H,2,5-8,10,12H2,(H,23,28)/t16-/m1/s1. The molecule has 2 aliphatic rings. The molecule has 5 rings (SSSR count). The van der Waals surface area contributed by atoms with Gasteiger partial charge < -0.3 is 10.1 Å². The molecule has 1 N–H and O–H groups in total. The van der Waals surface area contributed by atoms with Gasteiger partial charge in [0.15, 0.2) is 0 Å². The van der Waals surface area contributed by atoms with Crippen LogP contribution in [0.25, 0.3) is 16.6 Å². The fourth-order valence-corrected chi connectivity index (χ4v) is 4.07. The van der Waals surface area contributed by atoms with E-state index in [1.807, 2.05) is 12.1 Å². The van der Waals surface area contributed by atoms with Crippen LogP contribution in [0.1, 0.15) is 37.3 Å². The molecule has 30 heavy (non-hydrogen) atoms. The summed E-state index contributed by atoms with van der Waals surface area (Å²) < 4.78 is 8.37. The Kier molecular flexibility index (Phi) is 5.04. The predicted octanol–water partition coefficient (Wildman–Crippen LogP) is 2.41. The van der Waals surface area contributed by atoms with Crippen molar-refractivity contribution in [2.45, 2.75) is 44.2 Å². The van der Waals surface area contributed by atoms with Crippen LogP contribution in [0, 0.1) is 0 Å². The predicted molar refractivity (Wildman–Crippen MR) is 112 cm³/mol. The molecule has 3 aromatic rings. The third kappa shape index (κ3) is 3.73. The van der Waals surface area contributed by atoms with Crippen molar-refractivity contribution in [3.63, 3.8) is 0 Å². The maximum atomic E-state index is 13.3. The fourth-order valence-electron chi connectivity index (χ4n) is 3.89. The van der Waals surface area contributed by atoms with Crippen molar-refractivity contribution in [2.24, 2.45) is 0 Å². The van der Waals surface area contributed by atoms with Gasteiger partial charge >= 0.3 is 0 Å². The second kappa shape index (κ2) is 7.85. The maximum absolute atomic E-state index is 13.3. The zero-order valence-electron chi connectivity index (χ0n) is 16.4. The molecule has 1 amide bonds. The molecule has 3 heterocycles. The van der Waals surface area contributed by atoms with Crippen molar-refractivity contribution in [1.29, 1.82) is 0 Å². The number of fused-ring (bicyclic) bond motifs is 1. The van der Waals surface area contributed by atoms with Crippen molar-refractivity contribution in [3.8, 4) is 5.69 Å². The van der Waals surface area contributed by atoms with Gasteiger partial charge in [-0.2, -0.15) is 10.2 Å². The zero-order valence-corrected chi connectivity index (χ0v) is 17.1. The topological polar surface area (TPSA) is 91.0 Å². The van der Waals surface area contributed by atoms with Crippen LogP contribution in [-0.4, -0.2) is 44.7 Å². The van der Waals surface area contributed by atoms with Crippen LogP contribution in [0.5, 0.6) is 0 Å². The Balaban J connectivity index is 1.50. The molecule has 0 unspecified atom stereocenters. The number of benzene rings is 1. The number of carbonyl (C=O) groups excluding carboxylic acids is 1. The van der Waals surface area contributed by atoms with E-state index < -0.39 is 0 Å². The quantitative estimate of drug-likeness (QED) is 0.652. The summed E-state index contributed by atoms with van der Waals surface area (Å²) in [7, 11) is 0. The number of hydrogen-bond acceptors (Lipinski definition) is 5. The smallest absolute Gasteiger partial charge is 0.293 e. The largest absolute Gasteiger partial charge is 0.376 e. The van der Waals surface area contributed by atoms with Crippen LogP contribution in [0.15, 0.2) is 35.3 Å². The second-order valence-electron chi connectivity index (χ2n) is 7.86. The summed E-state index contributed by atoms with van der Waals surface area (Å²) in [4.78, 5) is 25.7. The van der Waals surface area contributed by atoms with E-state index in [9.17, 15) is 9.59 Å². The molecule has 8 nitrogen and oxygen atoms in total. The van der Waals surface area contributed by atoms with Crippen molar-refractivity contribution in [2.75, 3.05) is 13.2 Å². The SMILES string of the molecule is O=C(Cn1nc(C2CC2)c2cnn(-c3cccc(Cl)c3)c2c1=O)NC[C@H]1CCCO1. The lowest BCUT2D eigenvalue weighted by Gasteiger charge is -2.12. The molecule has 2 aromatic heterocycles. The lowest BCUT2D eigenvalue weighted by molar-refractivity contribution is -0.122. The van der Waals surface area contributed by atoms with E-state index in [0.717, 1.165) is 43.4 Å². The Bertz CT molecular complexity index is 1160. The molecule has 0 spiro atoms. The van der Waals surface area contributed by atoms with E-state index in [0.29, 0.717) is 28.7 Å². The molecule has 1 saturated heterocycles. The summed E-state index contributed by atoms with van der Waals surface area (Å²) >= 11 is 6.13. The Labute approximate surface area is 177 Å². The highest BCUT2D eigenvalue weighted by Gasteiger charge is 2.30. The first-order valence-electron chi connectivity index (χ1n) is 10.2. The summed E-state index contributed by atoms with van der Waals surface area (Å²) in [6.45, 7) is 1.05. The summed E-state index contributed by atoms with van der Waals surface area (Å²) in [6.07, 6.45) is 5.72. The second-order valence-corrected chi connectivity index (χ2v) is 8.30. The van der Waals surface area contributed by atoms with Gasteiger partial charge in [0.2, 0.25) is 5.91 Å². The van der Waals surface area contributed by atoms with Crippen molar-refractivity contribution < 1.29 is 9.53 Å². The first-order valence-corrected chi connectivity index (χ1v) is 10.6. The average molecular weight is 428 g/mol. The van der Waals surface area contributed by atoms with Crippen LogP contribution in [-0.2, 0) is 16.1 Å². The molecule has 1 atom stereocenters. The van der Waals surface area contributed by atoms with Crippen molar-refractivity contribution in [3.05, 3.63) is 51.5 Å². The molecule has 1 aliphatic carbocycles. The number of carbonyl (C=O) groups is 1. The minimum Gasteiger partial charge on any atom is -0.376 e. The molecule has 9 heteroatoms. The number of ether oxygens (including phenoxy) is 1. The van der Waals surface area contributed by atoms with E-state index in [4.69, 9.17) is 16.3 Å². The third-order valence-corrected chi connectivity index (χ3v) is 5.81. The Morgan fingerprint density at radius 1 is 1.30 bits per heavy atom. The van der Waals surface area contributed by atoms with Gasteiger partial charge in [-0.3, -0.25) is 9.59 Å². The Hall–Kier alpha value is -2.71. The Morgan fingerprint density at radius 2 is 2.17 bits per heavy atom. The normalized spacial score (nSPS) is 18.8. The lowest BCUT2D eigenvalue weighted by atomic mass is 10.2. The minimum absolute atomic E-state index is 0.0485. The van der Waals surface area contributed by atoms with E-state index in [1.54, 1.807) is 23.0 Å². The molecule has 2 fully saturated rings. The summed E-state index contributed by atoms with van der Waals surface area (Å²) in [5.41, 5.74) is 1.59. The molecular weight excluding hydrogens is 406 g/mol. The van der Waals surface area contributed by atoms with Gasteiger partial charge in [0.25, 0.3) is 5.56 Å². The number of amides is 1. The van der Waals surface area contributed by atoms with Crippen molar-refractivity contribution in [1.82, 2.24) is 24.9 Å². The van der Waals surface area contributed by atoms with Crippen LogP contribution < -0.4 is 10.9 Å². The number of halogens is 1. The molecule has 0 bridgehead atoms. The highest BCUT2D eigenvalue weighted by atomic mass is 35.5. The zero-order chi connectivity index (χ0) is 20.7. The molecular formula is C21H22ClN5O3. The van der Waals surface area contributed by atoms with E-state index in [1.165, 1.54) is 4.68 Å². The van der Waals surface area contributed by atoms with E-state index in [2.05, 4.69) is 15.5 Å². The molecule has 1 aromatic carbocycles. The number of nitrogens with one attached hydrogen (secondary N) is 1. The number of nitrogens with zero attached hydrogens (tertiary/aromatic N) is 4. The monoisotopic (exact) mass is 427 g/mol. The van der Waals surface area contributed by atoms with E-state index in [-0.39, 0.29) is 24.1 Å². The first kappa shape index (κ1) is 19.3. The molecule has 1 saturated carbocycles. The van der Waals surface area contributed by atoms with Crippen LogP contribution >= 0.6 is 11.6 Å². The minimum atomic E-state index is -0.348. The van der Waals surface area contributed by atoms with Crippen LogP contribution in [0.4, 0.5) is 0 Å². The highest BCUT2D eigenvalue weighted by molar-refractivity contribution is 6.30. The van der Waals surface area contributed by atoms with Gasteiger partial charge in [0, 0.05) is 29.5 Å². The number of rotatable bonds is 6. The first-order chi connectivity index (χ1) is 14.6. The molecule has 0 radical (unpaired) electrons. The lowest BCUT2D eigenvalue weighted by Crippen LogP contribution is -2.38.